The van der Waals surface area contributed by atoms with E-state index >= 15 is 0 Å². The van der Waals surface area contributed by atoms with Crippen molar-refractivity contribution in [1.82, 2.24) is 0 Å². The second kappa shape index (κ2) is 5.83. The van der Waals surface area contributed by atoms with Crippen molar-refractivity contribution in [2.45, 2.75) is 37.5 Å². The number of sulfone groups is 1. The average molecular weight is 251 g/mol. The van der Waals surface area contributed by atoms with E-state index in [2.05, 4.69) is 6.07 Å². The van der Waals surface area contributed by atoms with E-state index in [-0.39, 0.29) is 11.7 Å². The van der Waals surface area contributed by atoms with Crippen molar-refractivity contribution in [2.24, 2.45) is 0 Å². The van der Waals surface area contributed by atoms with Crippen LogP contribution in [0.1, 0.15) is 38.2 Å². The van der Waals surface area contributed by atoms with Gasteiger partial charge in [-0.3, -0.25) is 0 Å². The van der Waals surface area contributed by atoms with Gasteiger partial charge in [0.2, 0.25) is 0 Å². The summed E-state index contributed by atoms with van der Waals surface area (Å²) in [6.07, 6.45) is 1.33. The Morgan fingerprint density at radius 1 is 1.29 bits per heavy atom. The number of nitrogens with zero attached hydrogens (tertiary/aromatic N) is 1. The lowest BCUT2D eigenvalue weighted by molar-refractivity contribution is 0.597. The van der Waals surface area contributed by atoms with Gasteiger partial charge in [0.05, 0.1) is 16.7 Å². The van der Waals surface area contributed by atoms with Gasteiger partial charge in [-0.1, -0.05) is 26.0 Å². The van der Waals surface area contributed by atoms with Crippen LogP contribution in [0, 0.1) is 11.3 Å². The van der Waals surface area contributed by atoms with E-state index in [1.54, 1.807) is 19.1 Å². The van der Waals surface area contributed by atoms with E-state index in [1.165, 1.54) is 0 Å². The van der Waals surface area contributed by atoms with Crippen LogP contribution in [-0.4, -0.2) is 14.2 Å². The SMILES string of the molecule is CCS(=O)(=O)c1ccc(C(C)CCC#N)cc1. The molecule has 0 saturated heterocycles. The van der Waals surface area contributed by atoms with E-state index in [1.807, 2.05) is 19.1 Å². The van der Waals surface area contributed by atoms with Gasteiger partial charge in [0.25, 0.3) is 0 Å². The summed E-state index contributed by atoms with van der Waals surface area (Å²) in [6.45, 7) is 3.68. The molecule has 0 N–H and O–H groups in total. The molecule has 0 aliphatic carbocycles. The second-order valence-electron chi connectivity index (χ2n) is 4.07. The minimum atomic E-state index is -3.11. The van der Waals surface area contributed by atoms with Gasteiger partial charge in [0.1, 0.15) is 0 Å². The average Bonchev–Trinajstić information content (AvgIpc) is 2.36. The van der Waals surface area contributed by atoms with Gasteiger partial charge in [-0.25, -0.2) is 8.42 Å². The number of hydrogen-bond donors (Lipinski definition) is 0. The first-order valence-electron chi connectivity index (χ1n) is 5.71. The molecule has 4 heteroatoms. The third-order valence-corrected chi connectivity index (χ3v) is 4.63. The molecule has 0 bridgehead atoms. The van der Waals surface area contributed by atoms with Crippen LogP contribution in [0.4, 0.5) is 0 Å². The maximum absolute atomic E-state index is 11.6. The molecular formula is C13H17NO2S. The molecule has 0 radical (unpaired) electrons. The molecule has 0 aliphatic heterocycles. The summed E-state index contributed by atoms with van der Waals surface area (Å²) in [4.78, 5) is 0.372. The largest absolute Gasteiger partial charge is 0.224 e. The van der Waals surface area contributed by atoms with Crippen molar-refractivity contribution < 1.29 is 8.42 Å². The van der Waals surface area contributed by atoms with Gasteiger partial charge >= 0.3 is 0 Å². The maximum atomic E-state index is 11.6. The highest BCUT2D eigenvalue weighted by atomic mass is 32.2. The van der Waals surface area contributed by atoms with E-state index < -0.39 is 9.84 Å². The molecule has 92 valence electrons. The number of hydrogen-bond acceptors (Lipinski definition) is 3. The van der Waals surface area contributed by atoms with Crippen LogP contribution >= 0.6 is 0 Å². The highest BCUT2D eigenvalue weighted by Gasteiger charge is 2.12. The van der Waals surface area contributed by atoms with Crippen molar-refractivity contribution in [3.05, 3.63) is 29.8 Å². The predicted octanol–water partition coefficient (Wildman–Crippen LogP) is 2.89. The first kappa shape index (κ1) is 13.7. The summed E-state index contributed by atoms with van der Waals surface area (Å²) in [7, 11) is -3.11. The molecule has 0 heterocycles. The highest BCUT2D eigenvalue weighted by molar-refractivity contribution is 7.91. The topological polar surface area (TPSA) is 57.9 Å². The van der Waals surface area contributed by atoms with Gasteiger partial charge in [-0.2, -0.15) is 5.26 Å². The van der Waals surface area contributed by atoms with Crippen LogP contribution in [0.15, 0.2) is 29.2 Å². The third kappa shape index (κ3) is 3.57. The zero-order valence-corrected chi connectivity index (χ0v) is 11.0. The molecule has 3 nitrogen and oxygen atoms in total. The van der Waals surface area contributed by atoms with Gasteiger partial charge in [0, 0.05) is 6.42 Å². The lowest BCUT2D eigenvalue weighted by Gasteiger charge is -2.10. The Bertz CT molecular complexity index is 497. The highest BCUT2D eigenvalue weighted by Crippen LogP contribution is 2.22. The van der Waals surface area contributed by atoms with Crippen molar-refractivity contribution in [1.29, 1.82) is 5.26 Å². The van der Waals surface area contributed by atoms with E-state index in [9.17, 15) is 8.42 Å². The smallest absolute Gasteiger partial charge is 0.178 e. The first-order valence-corrected chi connectivity index (χ1v) is 7.36. The van der Waals surface area contributed by atoms with E-state index in [4.69, 9.17) is 5.26 Å². The molecular weight excluding hydrogens is 234 g/mol. The molecule has 0 spiro atoms. The molecule has 0 saturated carbocycles. The van der Waals surface area contributed by atoms with E-state index in [0.717, 1.165) is 12.0 Å². The molecule has 1 unspecified atom stereocenters. The van der Waals surface area contributed by atoms with Crippen molar-refractivity contribution in [3.63, 3.8) is 0 Å². The fraction of sp³-hybridized carbons (Fsp3) is 0.462. The minimum absolute atomic E-state index is 0.121. The van der Waals surface area contributed by atoms with Gasteiger partial charge < -0.3 is 0 Å². The van der Waals surface area contributed by atoms with Gasteiger partial charge in [-0.15, -0.1) is 0 Å². The van der Waals surface area contributed by atoms with Gasteiger partial charge in [-0.05, 0) is 30.0 Å². The number of nitriles is 1. The van der Waals surface area contributed by atoms with Crippen LogP contribution in [0.2, 0.25) is 0 Å². The Kier molecular flexibility index (Phi) is 4.71. The molecule has 0 aliphatic rings. The summed E-state index contributed by atoms with van der Waals surface area (Å²) in [5.74, 6) is 0.407. The summed E-state index contributed by atoms with van der Waals surface area (Å²) in [6, 6.07) is 9.09. The van der Waals surface area contributed by atoms with Crippen LogP contribution in [-0.2, 0) is 9.84 Å². The Morgan fingerprint density at radius 2 is 1.88 bits per heavy atom. The molecule has 17 heavy (non-hydrogen) atoms. The third-order valence-electron chi connectivity index (χ3n) is 2.88. The molecule has 1 atom stereocenters. The molecule has 0 fully saturated rings. The summed E-state index contributed by atoms with van der Waals surface area (Å²) in [5.41, 5.74) is 1.08. The second-order valence-corrected chi connectivity index (χ2v) is 6.35. The predicted molar refractivity (Wildman–Crippen MR) is 67.4 cm³/mol. The zero-order chi connectivity index (χ0) is 12.9. The maximum Gasteiger partial charge on any atom is 0.178 e. The molecule has 0 amide bonds. The van der Waals surface area contributed by atoms with Crippen LogP contribution in [0.5, 0.6) is 0 Å². The van der Waals surface area contributed by atoms with E-state index in [0.29, 0.717) is 11.3 Å². The van der Waals surface area contributed by atoms with Crippen molar-refractivity contribution in [3.8, 4) is 6.07 Å². The fourth-order valence-corrected chi connectivity index (χ4v) is 2.50. The van der Waals surface area contributed by atoms with Crippen molar-refractivity contribution in [2.75, 3.05) is 5.75 Å². The fourth-order valence-electron chi connectivity index (χ4n) is 1.62. The normalized spacial score (nSPS) is 13.0. The monoisotopic (exact) mass is 251 g/mol. The summed E-state index contributed by atoms with van der Waals surface area (Å²) >= 11 is 0. The zero-order valence-electron chi connectivity index (χ0n) is 10.2. The molecule has 1 aromatic carbocycles. The lowest BCUT2D eigenvalue weighted by Crippen LogP contribution is -2.04. The molecule has 1 rings (SSSR count). The Balaban J connectivity index is 2.86. The van der Waals surface area contributed by atoms with Crippen molar-refractivity contribution >= 4 is 9.84 Å². The Morgan fingerprint density at radius 3 is 2.35 bits per heavy atom. The summed E-state index contributed by atoms with van der Waals surface area (Å²) < 4.78 is 23.2. The Hall–Kier alpha value is -1.34. The first-order chi connectivity index (χ1) is 8.01. The molecule has 1 aromatic rings. The van der Waals surface area contributed by atoms with Crippen LogP contribution in [0.25, 0.3) is 0 Å². The number of rotatable bonds is 5. The molecule has 0 aromatic heterocycles. The van der Waals surface area contributed by atoms with Crippen LogP contribution in [0.3, 0.4) is 0 Å². The minimum Gasteiger partial charge on any atom is -0.224 e. The lowest BCUT2D eigenvalue weighted by atomic mass is 9.97. The Labute approximate surface area is 103 Å². The van der Waals surface area contributed by atoms with Gasteiger partial charge in [0.15, 0.2) is 9.84 Å². The quantitative estimate of drug-likeness (QED) is 0.808. The number of benzene rings is 1. The summed E-state index contributed by atoms with van der Waals surface area (Å²) in [5, 5.41) is 8.52. The van der Waals surface area contributed by atoms with Crippen LogP contribution < -0.4 is 0 Å². The standard InChI is InChI=1S/C13H17NO2S/c1-3-17(15,16)13-8-6-12(7-9-13)11(2)5-4-10-14/h6-9,11H,3-5H2,1-2H3.